The summed E-state index contributed by atoms with van der Waals surface area (Å²) in [6.07, 6.45) is 0. The molecule has 3 N–H and O–H groups in total. The summed E-state index contributed by atoms with van der Waals surface area (Å²) in [4.78, 5) is 13.5. The molecule has 0 saturated carbocycles. The van der Waals surface area contributed by atoms with Gasteiger partial charge in [-0.15, -0.1) is 0 Å². The second-order valence-corrected chi connectivity index (χ2v) is 7.30. The second-order valence-electron chi connectivity index (χ2n) is 4.51. The van der Waals surface area contributed by atoms with Gasteiger partial charge in [0.15, 0.2) is 0 Å². The van der Waals surface area contributed by atoms with E-state index in [4.69, 9.17) is 28.9 Å². The molecule has 108 valence electrons. The van der Waals surface area contributed by atoms with E-state index in [1.807, 2.05) is 18.2 Å². The van der Waals surface area contributed by atoms with Gasteiger partial charge in [0, 0.05) is 25.5 Å². The minimum Gasteiger partial charge on any atom is -0.324 e. The number of rotatable bonds is 2. The maximum atomic E-state index is 11.6. The number of hydrogen-bond donors (Lipinski definition) is 2. The van der Waals surface area contributed by atoms with Crippen molar-refractivity contribution in [1.82, 2.24) is 0 Å². The molecule has 2 aromatic carbocycles. The van der Waals surface area contributed by atoms with Gasteiger partial charge in [-0.2, -0.15) is 0 Å². The lowest BCUT2D eigenvalue weighted by Crippen LogP contribution is -2.19. The Balaban J connectivity index is 1.95. The maximum absolute atomic E-state index is 11.6. The van der Waals surface area contributed by atoms with Gasteiger partial charge in [-0.25, -0.2) is 0 Å². The molecule has 0 saturated heterocycles. The van der Waals surface area contributed by atoms with Crippen molar-refractivity contribution in [2.45, 2.75) is 15.8 Å². The SMILES string of the molecule is NC1C(=O)Nc2cc(Sc3ccc(Cl)c(Cl)c3)c(Br)cc21. The van der Waals surface area contributed by atoms with Crippen molar-refractivity contribution < 1.29 is 4.79 Å². The van der Waals surface area contributed by atoms with E-state index in [-0.39, 0.29) is 5.91 Å². The quantitative estimate of drug-likeness (QED) is 0.752. The van der Waals surface area contributed by atoms with Crippen molar-refractivity contribution in [2.24, 2.45) is 5.73 Å². The Bertz CT molecular complexity index is 754. The standard InChI is InChI=1S/C14H9BrCl2N2OS/c15-8-4-7-11(19-14(20)13(7)18)5-12(8)21-6-1-2-9(16)10(17)3-6/h1-5,13H,18H2,(H,19,20). The summed E-state index contributed by atoms with van der Waals surface area (Å²) in [5.74, 6) is -0.186. The molecule has 1 unspecified atom stereocenters. The van der Waals surface area contributed by atoms with Crippen molar-refractivity contribution >= 4 is 62.5 Å². The van der Waals surface area contributed by atoms with E-state index >= 15 is 0 Å². The van der Waals surface area contributed by atoms with Crippen LogP contribution in [-0.2, 0) is 4.79 Å². The number of carbonyl (C=O) groups excluding carboxylic acids is 1. The van der Waals surface area contributed by atoms with Crippen molar-refractivity contribution in [3.63, 3.8) is 0 Å². The van der Waals surface area contributed by atoms with Crippen LogP contribution in [0.25, 0.3) is 0 Å². The lowest BCUT2D eigenvalue weighted by atomic mass is 10.1. The maximum Gasteiger partial charge on any atom is 0.245 e. The van der Waals surface area contributed by atoms with Crippen LogP contribution in [-0.4, -0.2) is 5.91 Å². The molecule has 0 bridgehead atoms. The third kappa shape index (κ3) is 2.94. The number of nitrogens with two attached hydrogens (primary N) is 1. The number of nitrogens with one attached hydrogen (secondary N) is 1. The summed E-state index contributed by atoms with van der Waals surface area (Å²) in [5, 5.41) is 3.80. The summed E-state index contributed by atoms with van der Waals surface area (Å²) < 4.78 is 0.879. The normalized spacial score (nSPS) is 16.8. The van der Waals surface area contributed by atoms with Crippen LogP contribution in [0.2, 0.25) is 10.0 Å². The fraction of sp³-hybridized carbons (Fsp3) is 0.0714. The third-order valence-corrected chi connectivity index (χ3v) is 5.80. The largest absolute Gasteiger partial charge is 0.324 e. The molecule has 3 rings (SSSR count). The fourth-order valence-corrected chi connectivity index (χ4v) is 3.90. The number of benzene rings is 2. The summed E-state index contributed by atoms with van der Waals surface area (Å²) in [5.41, 5.74) is 7.37. The molecule has 7 heteroatoms. The molecular formula is C14H9BrCl2N2OS. The highest BCUT2D eigenvalue weighted by molar-refractivity contribution is 9.10. The molecule has 0 radical (unpaired) electrons. The van der Waals surface area contributed by atoms with Crippen LogP contribution in [0, 0.1) is 0 Å². The average molecular weight is 404 g/mol. The monoisotopic (exact) mass is 402 g/mol. The predicted molar refractivity (Wildman–Crippen MR) is 90.3 cm³/mol. The number of amides is 1. The Labute approximate surface area is 144 Å². The molecule has 1 amide bonds. The highest BCUT2D eigenvalue weighted by Crippen LogP contribution is 2.41. The molecule has 0 aromatic heterocycles. The zero-order valence-electron chi connectivity index (χ0n) is 10.5. The van der Waals surface area contributed by atoms with Gasteiger partial charge in [0.25, 0.3) is 0 Å². The van der Waals surface area contributed by atoms with E-state index in [0.29, 0.717) is 10.0 Å². The van der Waals surface area contributed by atoms with Gasteiger partial charge in [-0.3, -0.25) is 4.79 Å². The number of fused-ring (bicyclic) bond motifs is 1. The van der Waals surface area contributed by atoms with E-state index in [1.54, 1.807) is 12.1 Å². The minimum atomic E-state index is -0.611. The highest BCUT2D eigenvalue weighted by Gasteiger charge is 2.28. The van der Waals surface area contributed by atoms with Gasteiger partial charge >= 0.3 is 0 Å². The number of halogens is 3. The van der Waals surface area contributed by atoms with Gasteiger partial charge < -0.3 is 11.1 Å². The van der Waals surface area contributed by atoms with Gasteiger partial charge in [0.1, 0.15) is 6.04 Å². The van der Waals surface area contributed by atoms with Crippen LogP contribution in [0.5, 0.6) is 0 Å². The molecule has 21 heavy (non-hydrogen) atoms. The molecule has 1 aliphatic heterocycles. The Morgan fingerprint density at radius 1 is 1.19 bits per heavy atom. The number of anilines is 1. The van der Waals surface area contributed by atoms with Crippen LogP contribution < -0.4 is 11.1 Å². The van der Waals surface area contributed by atoms with Crippen LogP contribution in [0.1, 0.15) is 11.6 Å². The first-order chi connectivity index (χ1) is 9.95. The molecule has 0 fully saturated rings. The van der Waals surface area contributed by atoms with Crippen LogP contribution >= 0.6 is 50.9 Å². The zero-order chi connectivity index (χ0) is 15.1. The lowest BCUT2D eigenvalue weighted by Gasteiger charge is -2.09. The highest BCUT2D eigenvalue weighted by atomic mass is 79.9. The van der Waals surface area contributed by atoms with Crippen LogP contribution in [0.3, 0.4) is 0 Å². The summed E-state index contributed by atoms with van der Waals surface area (Å²) in [6, 6.07) is 8.61. The molecule has 3 nitrogen and oxygen atoms in total. The molecule has 0 spiro atoms. The lowest BCUT2D eigenvalue weighted by molar-refractivity contribution is -0.116. The van der Waals surface area contributed by atoms with Crippen LogP contribution in [0.15, 0.2) is 44.6 Å². The molecule has 2 aromatic rings. The first kappa shape index (κ1) is 15.2. The first-order valence-electron chi connectivity index (χ1n) is 5.98. The third-order valence-electron chi connectivity index (χ3n) is 3.10. The summed E-state index contributed by atoms with van der Waals surface area (Å²) in [6.45, 7) is 0. The average Bonchev–Trinajstić information content (AvgIpc) is 2.70. The van der Waals surface area contributed by atoms with Crippen LogP contribution in [0.4, 0.5) is 5.69 Å². The topological polar surface area (TPSA) is 55.1 Å². The Morgan fingerprint density at radius 2 is 1.95 bits per heavy atom. The second kappa shape index (κ2) is 5.82. The number of carbonyl (C=O) groups is 1. The smallest absolute Gasteiger partial charge is 0.245 e. The zero-order valence-corrected chi connectivity index (χ0v) is 14.4. The first-order valence-corrected chi connectivity index (χ1v) is 8.35. The van der Waals surface area contributed by atoms with Gasteiger partial charge in [0.2, 0.25) is 5.91 Å². The molecular weight excluding hydrogens is 395 g/mol. The number of hydrogen-bond acceptors (Lipinski definition) is 3. The molecule has 1 aliphatic rings. The van der Waals surface area contributed by atoms with Gasteiger partial charge in [0.05, 0.1) is 10.0 Å². The van der Waals surface area contributed by atoms with Gasteiger partial charge in [-0.05, 0) is 46.3 Å². The Morgan fingerprint density at radius 3 is 2.67 bits per heavy atom. The van der Waals surface area contributed by atoms with E-state index in [2.05, 4.69) is 21.2 Å². The van der Waals surface area contributed by atoms with Crippen molar-refractivity contribution in [1.29, 1.82) is 0 Å². The Kier molecular flexibility index (Phi) is 4.21. The van der Waals surface area contributed by atoms with E-state index in [1.165, 1.54) is 11.8 Å². The van der Waals surface area contributed by atoms with E-state index in [9.17, 15) is 4.79 Å². The van der Waals surface area contributed by atoms with E-state index in [0.717, 1.165) is 25.5 Å². The molecule has 1 atom stereocenters. The van der Waals surface area contributed by atoms with E-state index < -0.39 is 6.04 Å². The summed E-state index contributed by atoms with van der Waals surface area (Å²) >= 11 is 17.0. The predicted octanol–water partition coefficient (Wildman–Crippen LogP) is 4.86. The van der Waals surface area contributed by atoms with Crippen molar-refractivity contribution in [2.75, 3.05) is 5.32 Å². The molecule has 0 aliphatic carbocycles. The fourth-order valence-electron chi connectivity index (χ4n) is 2.03. The Hall–Kier alpha value is -0.720. The minimum absolute atomic E-state index is 0.186. The summed E-state index contributed by atoms with van der Waals surface area (Å²) in [7, 11) is 0. The van der Waals surface area contributed by atoms with Gasteiger partial charge in [-0.1, -0.05) is 35.0 Å². The van der Waals surface area contributed by atoms with Crippen molar-refractivity contribution in [3.8, 4) is 0 Å². The van der Waals surface area contributed by atoms with Crippen molar-refractivity contribution in [3.05, 3.63) is 50.4 Å². The molecule has 1 heterocycles.